The first-order valence-corrected chi connectivity index (χ1v) is 13.0. The highest BCUT2D eigenvalue weighted by Crippen LogP contribution is 2.30. The third-order valence-electron chi connectivity index (χ3n) is 5.24. The average Bonchev–Trinajstić information content (AvgIpc) is 3.26. The van der Waals surface area contributed by atoms with E-state index < -0.39 is 27.5 Å². The second-order valence-electron chi connectivity index (χ2n) is 9.41. The Morgan fingerprint density at radius 1 is 1.08 bits per heavy atom. The average molecular weight is 531 g/mol. The fourth-order valence-electron chi connectivity index (χ4n) is 3.48. The molecule has 198 valence electrons. The van der Waals surface area contributed by atoms with E-state index in [1.807, 2.05) is 0 Å². The van der Waals surface area contributed by atoms with E-state index in [-0.39, 0.29) is 35.1 Å². The number of hydrogen-bond donors (Lipinski definition) is 2. The number of carbonyl (C=O) groups excluding carboxylic acids is 2. The maximum Gasteiger partial charge on any atom is 0.410 e. The molecule has 11 heteroatoms. The Kier molecular flexibility index (Phi) is 8.27. The third-order valence-corrected chi connectivity index (χ3v) is 6.91. The van der Waals surface area contributed by atoms with Crippen LogP contribution in [0.1, 0.15) is 26.3 Å². The van der Waals surface area contributed by atoms with Crippen molar-refractivity contribution in [1.82, 2.24) is 14.2 Å². The molecule has 0 bridgehead atoms. The molecule has 2 N–H and O–H groups in total. The zero-order valence-corrected chi connectivity index (χ0v) is 22.2. The van der Waals surface area contributed by atoms with Gasteiger partial charge in [0.15, 0.2) is 0 Å². The summed E-state index contributed by atoms with van der Waals surface area (Å²) in [5.41, 5.74) is 0.384. The minimum atomic E-state index is -4.19. The van der Waals surface area contributed by atoms with E-state index >= 15 is 0 Å². The number of ether oxygens (including phenoxy) is 1. The van der Waals surface area contributed by atoms with E-state index in [2.05, 4.69) is 10.6 Å². The topological polar surface area (TPSA) is 110 Å². The third kappa shape index (κ3) is 6.88. The highest BCUT2D eigenvalue weighted by atomic mass is 32.2. The minimum absolute atomic E-state index is 0.0343. The van der Waals surface area contributed by atoms with Crippen molar-refractivity contribution in [3.63, 3.8) is 0 Å². The number of halogens is 1. The van der Waals surface area contributed by atoms with E-state index in [1.165, 1.54) is 61.6 Å². The molecule has 0 unspecified atom stereocenters. The van der Waals surface area contributed by atoms with Gasteiger partial charge in [0.05, 0.1) is 23.7 Å². The fraction of sp³-hybridized carbons (Fsp3) is 0.308. The second-order valence-corrected chi connectivity index (χ2v) is 11.2. The summed E-state index contributed by atoms with van der Waals surface area (Å²) >= 11 is 0. The van der Waals surface area contributed by atoms with Crippen molar-refractivity contribution in [1.29, 1.82) is 0 Å². The Hall–Kier alpha value is -3.86. The van der Waals surface area contributed by atoms with E-state index in [4.69, 9.17) is 4.74 Å². The van der Waals surface area contributed by atoms with Gasteiger partial charge in [0.2, 0.25) is 5.91 Å². The molecule has 37 heavy (non-hydrogen) atoms. The van der Waals surface area contributed by atoms with Crippen LogP contribution in [0.5, 0.6) is 0 Å². The summed E-state index contributed by atoms with van der Waals surface area (Å²) in [6, 6.07) is 13.4. The van der Waals surface area contributed by atoms with Crippen LogP contribution in [0.25, 0.3) is 11.3 Å². The Morgan fingerprint density at radius 3 is 2.43 bits per heavy atom. The lowest BCUT2D eigenvalue weighted by molar-refractivity contribution is -0.118. The highest BCUT2D eigenvalue weighted by Gasteiger charge is 2.25. The molecule has 0 aliphatic rings. The number of rotatable bonds is 8. The van der Waals surface area contributed by atoms with Gasteiger partial charge < -0.3 is 20.3 Å². The number of nitrogens with zero attached hydrogens (tertiary/aromatic N) is 2. The van der Waals surface area contributed by atoms with Crippen LogP contribution in [-0.2, 0) is 26.1 Å². The van der Waals surface area contributed by atoms with Crippen LogP contribution < -0.4 is 10.6 Å². The molecular formula is C26H31FN4O5S. The number of carbonyl (C=O) groups is 2. The molecule has 1 aromatic heterocycles. The molecule has 2 aromatic carbocycles. The predicted octanol–water partition coefficient (Wildman–Crippen LogP) is 4.06. The van der Waals surface area contributed by atoms with Crippen LogP contribution >= 0.6 is 0 Å². The summed E-state index contributed by atoms with van der Waals surface area (Å²) < 4.78 is 48.6. The van der Waals surface area contributed by atoms with E-state index in [9.17, 15) is 22.4 Å². The molecule has 1 heterocycles. The first-order valence-electron chi connectivity index (χ1n) is 11.5. The van der Waals surface area contributed by atoms with Gasteiger partial charge in [-0.2, -0.15) is 0 Å². The number of anilines is 1. The maximum absolute atomic E-state index is 14.8. The van der Waals surface area contributed by atoms with Crippen molar-refractivity contribution >= 4 is 27.7 Å². The van der Waals surface area contributed by atoms with Crippen LogP contribution in [0.4, 0.5) is 14.9 Å². The van der Waals surface area contributed by atoms with Gasteiger partial charge in [-0.05, 0) is 62.7 Å². The predicted molar refractivity (Wildman–Crippen MR) is 139 cm³/mol. The number of amides is 2. The zero-order chi connectivity index (χ0) is 27.4. The van der Waals surface area contributed by atoms with Gasteiger partial charge in [-0.3, -0.25) is 4.79 Å². The summed E-state index contributed by atoms with van der Waals surface area (Å²) in [5, 5.41) is 5.35. The Bertz CT molecular complexity index is 1400. The Balaban J connectivity index is 2.03. The molecular weight excluding hydrogens is 499 g/mol. The van der Waals surface area contributed by atoms with Gasteiger partial charge in [-0.25, -0.2) is 21.6 Å². The SMILES string of the molecule is CNC(=O)CNc1cccc(S(=O)(=O)n2cc(CN(C)C(=O)OC(C)(C)C)cc2-c2ccccc2F)c1. The number of hydrogen-bond acceptors (Lipinski definition) is 6. The van der Waals surface area contributed by atoms with Gasteiger partial charge in [0.1, 0.15) is 11.4 Å². The van der Waals surface area contributed by atoms with E-state index in [0.717, 1.165) is 3.97 Å². The molecule has 0 aliphatic heterocycles. The van der Waals surface area contributed by atoms with Gasteiger partial charge in [0, 0.05) is 31.5 Å². The van der Waals surface area contributed by atoms with Crippen molar-refractivity contribution in [2.75, 3.05) is 26.0 Å². The molecule has 0 saturated heterocycles. The largest absolute Gasteiger partial charge is 0.444 e. The molecule has 3 rings (SSSR count). The number of benzene rings is 2. The summed E-state index contributed by atoms with van der Waals surface area (Å²) in [7, 11) is -1.16. The Morgan fingerprint density at radius 2 is 1.78 bits per heavy atom. The van der Waals surface area contributed by atoms with Gasteiger partial charge in [0.25, 0.3) is 10.0 Å². The first-order chi connectivity index (χ1) is 17.3. The van der Waals surface area contributed by atoms with Crippen molar-refractivity contribution in [2.45, 2.75) is 37.8 Å². The lowest BCUT2D eigenvalue weighted by atomic mass is 10.1. The Labute approximate surface area is 216 Å². The minimum Gasteiger partial charge on any atom is -0.444 e. The molecule has 0 radical (unpaired) electrons. The van der Waals surface area contributed by atoms with Crippen LogP contribution in [0.3, 0.4) is 0 Å². The van der Waals surface area contributed by atoms with E-state index in [0.29, 0.717) is 11.3 Å². The van der Waals surface area contributed by atoms with E-state index in [1.54, 1.807) is 39.0 Å². The van der Waals surface area contributed by atoms with Crippen molar-refractivity contribution in [3.05, 3.63) is 72.2 Å². The standard InChI is InChI=1S/C26H31FN4O5S/c1-26(2,3)36-25(33)30(5)16-18-13-23(21-11-6-7-12-22(21)27)31(17-18)37(34,35)20-10-8-9-19(14-20)29-15-24(32)28-4/h6-14,17,29H,15-16H2,1-5H3,(H,28,32). The van der Waals surface area contributed by atoms with Crippen LogP contribution in [0.2, 0.25) is 0 Å². The molecule has 2 amide bonds. The van der Waals surface area contributed by atoms with Crippen molar-refractivity contribution in [3.8, 4) is 11.3 Å². The van der Waals surface area contributed by atoms with Gasteiger partial charge in [-0.15, -0.1) is 0 Å². The number of aromatic nitrogens is 1. The highest BCUT2D eigenvalue weighted by molar-refractivity contribution is 7.90. The maximum atomic E-state index is 14.8. The zero-order valence-electron chi connectivity index (χ0n) is 21.4. The normalized spacial score (nSPS) is 11.6. The lowest BCUT2D eigenvalue weighted by Gasteiger charge is -2.24. The molecule has 0 atom stereocenters. The molecule has 0 saturated carbocycles. The molecule has 3 aromatic rings. The van der Waals surface area contributed by atoms with Gasteiger partial charge >= 0.3 is 6.09 Å². The van der Waals surface area contributed by atoms with Crippen LogP contribution in [0.15, 0.2) is 65.7 Å². The molecule has 0 spiro atoms. The molecule has 9 nitrogen and oxygen atoms in total. The fourth-order valence-corrected chi connectivity index (χ4v) is 4.91. The van der Waals surface area contributed by atoms with Crippen molar-refractivity contribution < 1.29 is 27.1 Å². The summed E-state index contributed by atoms with van der Waals surface area (Å²) in [6.07, 6.45) is 0.785. The summed E-state index contributed by atoms with van der Waals surface area (Å²) in [5.74, 6) is -0.857. The summed E-state index contributed by atoms with van der Waals surface area (Å²) in [6.45, 7) is 5.24. The molecule has 0 fully saturated rings. The van der Waals surface area contributed by atoms with Crippen LogP contribution in [-0.4, -0.2) is 55.5 Å². The first kappa shape index (κ1) is 27.7. The van der Waals surface area contributed by atoms with Gasteiger partial charge in [-0.1, -0.05) is 18.2 Å². The quantitative estimate of drug-likeness (QED) is 0.455. The summed E-state index contributed by atoms with van der Waals surface area (Å²) in [4.78, 5) is 25.3. The smallest absolute Gasteiger partial charge is 0.410 e. The van der Waals surface area contributed by atoms with Crippen LogP contribution in [0, 0.1) is 5.82 Å². The lowest BCUT2D eigenvalue weighted by Crippen LogP contribution is -2.33. The van der Waals surface area contributed by atoms with Crippen molar-refractivity contribution in [2.24, 2.45) is 0 Å². The monoisotopic (exact) mass is 530 g/mol. The molecule has 0 aliphatic carbocycles. The second kappa shape index (κ2) is 11.0. The number of likely N-dealkylation sites (N-methyl/N-ethyl adjacent to an activating group) is 1. The number of nitrogens with one attached hydrogen (secondary N) is 2.